The van der Waals surface area contributed by atoms with Crippen molar-refractivity contribution < 1.29 is 18.3 Å². The zero-order valence-corrected chi connectivity index (χ0v) is 15.9. The van der Waals surface area contributed by atoms with Crippen molar-refractivity contribution in [3.63, 3.8) is 0 Å². The average molecular weight is 436 g/mol. The highest BCUT2D eigenvalue weighted by Gasteiger charge is 2.16. The number of halogens is 3. The summed E-state index contributed by atoms with van der Waals surface area (Å²) in [6, 6.07) is 13.9. The number of nitrogens with one attached hydrogen (secondary N) is 1. The highest BCUT2D eigenvalue weighted by Crippen LogP contribution is 2.21. The second-order valence-electron chi connectivity index (χ2n) is 5.70. The molecule has 0 radical (unpaired) electrons. The van der Waals surface area contributed by atoms with E-state index in [1.165, 1.54) is 12.3 Å². The first-order valence-corrected chi connectivity index (χ1v) is 8.86. The van der Waals surface area contributed by atoms with Crippen LogP contribution in [0, 0.1) is 6.92 Å². The van der Waals surface area contributed by atoms with Crippen LogP contribution in [0.2, 0.25) is 0 Å². The number of rotatable bonds is 6. The molecule has 1 aromatic heterocycles. The van der Waals surface area contributed by atoms with Crippen molar-refractivity contribution >= 4 is 21.8 Å². The summed E-state index contributed by atoms with van der Waals surface area (Å²) in [5.74, 6) is -0.308. The summed E-state index contributed by atoms with van der Waals surface area (Å²) in [5.41, 5.74) is 2.37. The molecule has 140 valence electrons. The van der Waals surface area contributed by atoms with Crippen molar-refractivity contribution in [2.45, 2.75) is 20.1 Å². The van der Waals surface area contributed by atoms with E-state index in [0.717, 1.165) is 10.2 Å². The summed E-state index contributed by atoms with van der Waals surface area (Å²) in [7, 11) is 0. The van der Waals surface area contributed by atoms with Crippen LogP contribution in [-0.2, 0) is 6.54 Å². The normalized spacial score (nSPS) is 10.9. The zero-order chi connectivity index (χ0) is 19.4. The molecule has 0 bridgehead atoms. The molecule has 5 nitrogen and oxygen atoms in total. The number of carbonyl (C=O) groups excluding carboxylic acids is 1. The Kier molecular flexibility index (Phi) is 5.85. The second-order valence-corrected chi connectivity index (χ2v) is 6.62. The molecule has 1 heterocycles. The Hall–Kier alpha value is -2.74. The van der Waals surface area contributed by atoms with Crippen LogP contribution in [-0.4, -0.2) is 22.3 Å². The molecule has 1 amide bonds. The van der Waals surface area contributed by atoms with Crippen LogP contribution < -0.4 is 10.1 Å². The minimum atomic E-state index is -2.92. The van der Waals surface area contributed by atoms with Crippen molar-refractivity contribution in [3.05, 3.63) is 76.0 Å². The third-order valence-electron chi connectivity index (χ3n) is 3.95. The van der Waals surface area contributed by atoms with E-state index in [9.17, 15) is 13.6 Å². The number of hydrogen-bond donors (Lipinski definition) is 1. The Morgan fingerprint density at radius 1 is 1.22 bits per heavy atom. The fourth-order valence-electron chi connectivity index (χ4n) is 2.61. The van der Waals surface area contributed by atoms with Crippen molar-refractivity contribution in [2.75, 3.05) is 0 Å². The molecule has 0 fully saturated rings. The largest absolute Gasteiger partial charge is 0.434 e. The summed E-state index contributed by atoms with van der Waals surface area (Å²) in [6.07, 6.45) is 1.48. The molecule has 27 heavy (non-hydrogen) atoms. The number of benzene rings is 2. The predicted octanol–water partition coefficient (Wildman–Crippen LogP) is 4.47. The van der Waals surface area contributed by atoms with E-state index < -0.39 is 6.61 Å². The highest BCUT2D eigenvalue weighted by atomic mass is 79.9. The van der Waals surface area contributed by atoms with Gasteiger partial charge in [-0.05, 0) is 37.3 Å². The maximum Gasteiger partial charge on any atom is 0.387 e. The van der Waals surface area contributed by atoms with E-state index in [1.807, 2.05) is 24.3 Å². The Morgan fingerprint density at radius 2 is 1.93 bits per heavy atom. The van der Waals surface area contributed by atoms with Crippen molar-refractivity contribution in [3.8, 4) is 11.4 Å². The lowest BCUT2D eigenvalue weighted by molar-refractivity contribution is -0.0504. The predicted molar refractivity (Wildman–Crippen MR) is 100 cm³/mol. The van der Waals surface area contributed by atoms with Gasteiger partial charge >= 0.3 is 6.61 Å². The maximum absolute atomic E-state index is 12.5. The molecule has 0 spiro atoms. The van der Waals surface area contributed by atoms with Gasteiger partial charge in [0.05, 0.1) is 23.1 Å². The van der Waals surface area contributed by atoms with Gasteiger partial charge in [-0.15, -0.1) is 0 Å². The minimum Gasteiger partial charge on any atom is -0.434 e. The standard InChI is InChI=1S/C19H16BrF2N3O2/c1-12-16(11-24-25(12)15-8-6-14(20)7-9-15)18(26)23-10-13-4-2-3-5-17(13)27-19(21)22/h2-9,11,19H,10H2,1H3,(H,23,26). The zero-order valence-electron chi connectivity index (χ0n) is 14.3. The van der Waals surface area contributed by atoms with E-state index in [0.29, 0.717) is 16.8 Å². The average Bonchev–Trinajstić information content (AvgIpc) is 3.02. The first-order valence-electron chi connectivity index (χ1n) is 8.07. The van der Waals surface area contributed by atoms with Gasteiger partial charge in [0.1, 0.15) is 5.75 Å². The molecule has 3 aromatic rings. The van der Waals surface area contributed by atoms with Gasteiger partial charge in [-0.2, -0.15) is 13.9 Å². The highest BCUT2D eigenvalue weighted by molar-refractivity contribution is 9.10. The van der Waals surface area contributed by atoms with Crippen LogP contribution in [0.5, 0.6) is 5.75 Å². The molecule has 0 aliphatic heterocycles. The summed E-state index contributed by atoms with van der Waals surface area (Å²) >= 11 is 3.38. The smallest absolute Gasteiger partial charge is 0.387 e. The fourth-order valence-corrected chi connectivity index (χ4v) is 2.87. The molecule has 0 saturated carbocycles. The van der Waals surface area contributed by atoms with Crippen LogP contribution in [0.25, 0.3) is 5.69 Å². The van der Waals surface area contributed by atoms with Crippen molar-refractivity contribution in [1.29, 1.82) is 0 Å². The SMILES string of the molecule is Cc1c(C(=O)NCc2ccccc2OC(F)F)cnn1-c1ccc(Br)cc1. The molecule has 0 aliphatic rings. The molecule has 0 atom stereocenters. The summed E-state index contributed by atoms with van der Waals surface area (Å²) in [6.45, 7) is -1.07. The summed E-state index contributed by atoms with van der Waals surface area (Å²) in [5, 5.41) is 6.98. The second kappa shape index (κ2) is 8.30. The number of amides is 1. The number of hydrogen-bond acceptors (Lipinski definition) is 3. The van der Waals surface area contributed by atoms with Gasteiger partial charge in [0, 0.05) is 16.6 Å². The van der Waals surface area contributed by atoms with E-state index in [1.54, 1.807) is 29.8 Å². The van der Waals surface area contributed by atoms with Gasteiger partial charge in [-0.3, -0.25) is 4.79 Å². The lowest BCUT2D eigenvalue weighted by atomic mass is 10.2. The molecular weight excluding hydrogens is 420 g/mol. The van der Waals surface area contributed by atoms with Crippen molar-refractivity contribution in [2.24, 2.45) is 0 Å². The van der Waals surface area contributed by atoms with Crippen molar-refractivity contribution in [1.82, 2.24) is 15.1 Å². The number of aromatic nitrogens is 2. The fraction of sp³-hybridized carbons (Fsp3) is 0.158. The van der Waals surface area contributed by atoms with E-state index in [2.05, 4.69) is 31.1 Å². The lowest BCUT2D eigenvalue weighted by Gasteiger charge is -2.11. The number of carbonyl (C=O) groups is 1. The number of ether oxygens (including phenoxy) is 1. The Morgan fingerprint density at radius 3 is 2.63 bits per heavy atom. The Labute approximate surface area is 163 Å². The van der Waals surface area contributed by atoms with Crippen LogP contribution in [0.3, 0.4) is 0 Å². The molecule has 3 rings (SSSR count). The van der Waals surface area contributed by atoms with Crippen LogP contribution >= 0.6 is 15.9 Å². The van der Waals surface area contributed by atoms with E-state index >= 15 is 0 Å². The number of para-hydroxylation sites is 1. The van der Waals surface area contributed by atoms with Gasteiger partial charge < -0.3 is 10.1 Å². The van der Waals surface area contributed by atoms with E-state index in [-0.39, 0.29) is 18.2 Å². The van der Waals surface area contributed by atoms with Crippen LogP contribution in [0.4, 0.5) is 8.78 Å². The quantitative estimate of drug-likeness (QED) is 0.621. The van der Waals surface area contributed by atoms with Crippen LogP contribution in [0.15, 0.2) is 59.2 Å². The Balaban J connectivity index is 1.74. The third-order valence-corrected chi connectivity index (χ3v) is 4.48. The molecule has 1 N–H and O–H groups in total. The third kappa shape index (κ3) is 4.51. The van der Waals surface area contributed by atoms with Gasteiger partial charge in [0.25, 0.3) is 5.91 Å². The molecule has 2 aromatic carbocycles. The van der Waals surface area contributed by atoms with Gasteiger partial charge in [-0.25, -0.2) is 4.68 Å². The van der Waals surface area contributed by atoms with Gasteiger partial charge in [0.15, 0.2) is 0 Å². The molecule has 0 unspecified atom stereocenters. The summed E-state index contributed by atoms with van der Waals surface area (Å²) in [4.78, 5) is 12.5. The van der Waals surface area contributed by atoms with E-state index in [4.69, 9.17) is 0 Å². The monoisotopic (exact) mass is 435 g/mol. The Bertz CT molecular complexity index is 942. The maximum atomic E-state index is 12.5. The molecule has 8 heteroatoms. The minimum absolute atomic E-state index is 0.0371. The number of nitrogens with zero attached hydrogens (tertiary/aromatic N) is 2. The number of alkyl halides is 2. The molecule has 0 saturated heterocycles. The lowest BCUT2D eigenvalue weighted by Crippen LogP contribution is -2.23. The first kappa shape index (κ1) is 19.0. The van der Waals surface area contributed by atoms with Gasteiger partial charge in [0.2, 0.25) is 0 Å². The first-order chi connectivity index (χ1) is 13.0. The molecule has 0 aliphatic carbocycles. The van der Waals surface area contributed by atoms with Gasteiger partial charge in [-0.1, -0.05) is 34.1 Å². The molecular formula is C19H16BrF2N3O2. The topological polar surface area (TPSA) is 56.1 Å². The summed E-state index contributed by atoms with van der Waals surface area (Å²) < 4.78 is 32.0. The van der Waals surface area contributed by atoms with Crippen LogP contribution in [0.1, 0.15) is 21.6 Å².